The number of rotatable bonds is 9. The van der Waals surface area contributed by atoms with E-state index in [-0.39, 0.29) is 19.6 Å². The number of sulfonamides is 1. The number of hydrogen-bond donors (Lipinski definition) is 4. The highest BCUT2D eigenvalue weighted by atomic mass is 32.2. The van der Waals surface area contributed by atoms with E-state index in [0.29, 0.717) is 0 Å². The number of nitrogens with one attached hydrogen (secondary N) is 2. The first-order valence-electron chi connectivity index (χ1n) is 6.70. The Bertz CT molecular complexity index is 620. The second-order valence-corrected chi connectivity index (χ2v) is 6.48. The maximum Gasteiger partial charge on any atom is 0.408 e. The number of hydrogen-bond acceptors (Lipinski definition) is 6. The summed E-state index contributed by atoms with van der Waals surface area (Å²) in [4.78, 5) is 21.8. The summed E-state index contributed by atoms with van der Waals surface area (Å²) in [6.45, 7) is -0.216. The number of ether oxygens (including phenoxy) is 1. The van der Waals surface area contributed by atoms with Crippen LogP contribution < -0.4 is 15.8 Å². The molecule has 0 saturated carbocycles. The second-order valence-electron chi connectivity index (χ2n) is 4.63. The normalized spacial score (nSPS) is 12.4. The van der Waals surface area contributed by atoms with E-state index in [1.54, 1.807) is 24.3 Å². The van der Waals surface area contributed by atoms with Gasteiger partial charge in [0.1, 0.15) is 6.61 Å². The summed E-state index contributed by atoms with van der Waals surface area (Å²) in [7, 11) is -3.80. The number of carboxylic acid groups (broad SMARTS) is 1. The molecule has 128 valence electrons. The van der Waals surface area contributed by atoms with E-state index in [1.807, 2.05) is 6.07 Å². The molecule has 9 nitrogen and oxygen atoms in total. The molecule has 1 aromatic rings. The molecule has 0 radical (unpaired) electrons. The zero-order valence-electron chi connectivity index (χ0n) is 12.3. The second kappa shape index (κ2) is 9.08. The quantitative estimate of drug-likeness (QED) is 0.445. The fourth-order valence-electron chi connectivity index (χ4n) is 1.57. The zero-order chi connectivity index (χ0) is 17.3. The first-order valence-corrected chi connectivity index (χ1v) is 8.35. The molecule has 1 atom stereocenters. The minimum Gasteiger partial charge on any atom is -0.481 e. The Balaban J connectivity index is 2.32. The molecule has 0 saturated heterocycles. The van der Waals surface area contributed by atoms with Crippen LogP contribution in [0.2, 0.25) is 0 Å². The van der Waals surface area contributed by atoms with Gasteiger partial charge in [0.25, 0.3) is 0 Å². The maximum atomic E-state index is 11.6. The van der Waals surface area contributed by atoms with Crippen LogP contribution in [0.15, 0.2) is 30.3 Å². The molecule has 1 rings (SSSR count). The van der Waals surface area contributed by atoms with Crippen molar-refractivity contribution in [3.8, 4) is 0 Å². The number of nitrogens with two attached hydrogens (primary N) is 1. The standard InChI is InChI=1S/C13H19N3O6S/c14-11(9-23(20,21)15-7-6-12(17)18)16-13(19)22-8-10-4-2-1-3-5-10/h1-5,11,15H,6-9,14H2,(H,16,19)(H,17,18)/t11-/m0/s1. The third-order valence-corrected chi connectivity index (χ3v) is 4.02. The lowest BCUT2D eigenvalue weighted by Crippen LogP contribution is -2.48. The average Bonchev–Trinajstić information content (AvgIpc) is 2.44. The molecule has 5 N–H and O–H groups in total. The molecule has 0 spiro atoms. The molecule has 0 aromatic heterocycles. The third-order valence-electron chi connectivity index (χ3n) is 2.58. The highest BCUT2D eigenvalue weighted by Crippen LogP contribution is 2.00. The molecule has 0 unspecified atom stereocenters. The van der Waals surface area contributed by atoms with Crippen molar-refractivity contribution in [2.24, 2.45) is 5.73 Å². The molecule has 0 heterocycles. The molecular formula is C13H19N3O6S. The highest BCUT2D eigenvalue weighted by molar-refractivity contribution is 7.89. The van der Waals surface area contributed by atoms with Gasteiger partial charge in [-0.1, -0.05) is 30.3 Å². The lowest BCUT2D eigenvalue weighted by atomic mass is 10.2. The predicted molar refractivity (Wildman–Crippen MR) is 81.8 cm³/mol. The number of aliphatic carboxylic acids is 1. The SMILES string of the molecule is N[C@H](CS(=O)(=O)NCCC(=O)O)NC(=O)OCc1ccccc1. The summed E-state index contributed by atoms with van der Waals surface area (Å²) in [6, 6.07) is 8.94. The lowest BCUT2D eigenvalue weighted by Gasteiger charge is -2.14. The number of benzene rings is 1. The molecule has 0 aliphatic carbocycles. The van der Waals surface area contributed by atoms with E-state index >= 15 is 0 Å². The zero-order valence-corrected chi connectivity index (χ0v) is 13.1. The first-order chi connectivity index (χ1) is 10.8. The van der Waals surface area contributed by atoms with Crippen molar-refractivity contribution >= 4 is 22.1 Å². The van der Waals surface area contributed by atoms with E-state index in [2.05, 4.69) is 10.0 Å². The predicted octanol–water partition coefficient (Wildman–Crippen LogP) is -0.408. The summed E-state index contributed by atoms with van der Waals surface area (Å²) in [5.74, 6) is -1.72. The Hall–Kier alpha value is -2.17. The molecule has 0 aliphatic heterocycles. The van der Waals surface area contributed by atoms with Crippen LogP contribution in [-0.2, 0) is 26.2 Å². The fraction of sp³-hybridized carbons (Fsp3) is 0.385. The van der Waals surface area contributed by atoms with E-state index < -0.39 is 34.0 Å². The topological polar surface area (TPSA) is 148 Å². The molecule has 1 aromatic carbocycles. The summed E-state index contributed by atoms with van der Waals surface area (Å²) in [5.41, 5.74) is 6.29. The van der Waals surface area contributed by atoms with Gasteiger partial charge in [0.2, 0.25) is 10.0 Å². The number of alkyl carbamates (subject to hydrolysis) is 1. The Morgan fingerprint density at radius 1 is 1.26 bits per heavy atom. The minimum atomic E-state index is -3.80. The Kier molecular flexibility index (Phi) is 7.45. The van der Waals surface area contributed by atoms with Gasteiger partial charge in [0, 0.05) is 6.54 Å². The monoisotopic (exact) mass is 345 g/mol. The number of amides is 1. The van der Waals surface area contributed by atoms with Crippen molar-refractivity contribution in [2.45, 2.75) is 19.2 Å². The minimum absolute atomic E-state index is 0.0308. The van der Waals surface area contributed by atoms with Gasteiger partial charge >= 0.3 is 12.1 Å². The van der Waals surface area contributed by atoms with Gasteiger partial charge in [-0.25, -0.2) is 17.9 Å². The molecule has 0 bridgehead atoms. The average molecular weight is 345 g/mol. The van der Waals surface area contributed by atoms with Crippen molar-refractivity contribution in [3.05, 3.63) is 35.9 Å². The maximum absolute atomic E-state index is 11.6. The molecule has 10 heteroatoms. The van der Waals surface area contributed by atoms with Gasteiger partial charge in [0.05, 0.1) is 18.3 Å². The number of carboxylic acids is 1. The van der Waals surface area contributed by atoms with Gasteiger partial charge in [-0.05, 0) is 5.56 Å². The van der Waals surface area contributed by atoms with Gasteiger partial charge < -0.3 is 20.9 Å². The van der Waals surface area contributed by atoms with Gasteiger partial charge in [-0.3, -0.25) is 4.79 Å². The van der Waals surface area contributed by atoms with Crippen LogP contribution in [0.4, 0.5) is 4.79 Å². The van der Waals surface area contributed by atoms with Crippen LogP contribution in [0.1, 0.15) is 12.0 Å². The summed E-state index contributed by atoms with van der Waals surface area (Å²) in [6.07, 6.45) is -2.37. The van der Waals surface area contributed by atoms with Crippen molar-refractivity contribution in [3.63, 3.8) is 0 Å². The Labute approximate surface area is 133 Å². The molecule has 0 aliphatic rings. The van der Waals surface area contributed by atoms with Crippen LogP contribution in [0, 0.1) is 0 Å². The molecule has 23 heavy (non-hydrogen) atoms. The van der Waals surface area contributed by atoms with E-state index in [1.165, 1.54) is 0 Å². The fourth-order valence-corrected chi connectivity index (χ4v) is 2.65. The highest BCUT2D eigenvalue weighted by Gasteiger charge is 2.18. The van der Waals surface area contributed by atoms with Crippen LogP contribution in [0.25, 0.3) is 0 Å². The summed E-state index contributed by atoms with van der Waals surface area (Å²) >= 11 is 0. The third kappa shape index (κ3) is 8.76. The Morgan fingerprint density at radius 2 is 1.91 bits per heavy atom. The molecule has 1 amide bonds. The van der Waals surface area contributed by atoms with Crippen molar-refractivity contribution in [1.82, 2.24) is 10.0 Å². The van der Waals surface area contributed by atoms with Gasteiger partial charge in [-0.15, -0.1) is 0 Å². The summed E-state index contributed by atoms with van der Waals surface area (Å²) in [5, 5.41) is 10.6. The Morgan fingerprint density at radius 3 is 2.52 bits per heavy atom. The van der Waals surface area contributed by atoms with Gasteiger partial charge in [0.15, 0.2) is 0 Å². The van der Waals surface area contributed by atoms with Crippen LogP contribution in [0.5, 0.6) is 0 Å². The largest absolute Gasteiger partial charge is 0.481 e. The molecular weight excluding hydrogens is 326 g/mol. The lowest BCUT2D eigenvalue weighted by molar-refractivity contribution is -0.136. The van der Waals surface area contributed by atoms with E-state index in [9.17, 15) is 18.0 Å². The smallest absolute Gasteiger partial charge is 0.408 e. The van der Waals surface area contributed by atoms with Crippen LogP contribution >= 0.6 is 0 Å². The number of carbonyl (C=O) groups excluding carboxylic acids is 1. The molecule has 0 fully saturated rings. The van der Waals surface area contributed by atoms with Crippen LogP contribution in [0.3, 0.4) is 0 Å². The van der Waals surface area contributed by atoms with Crippen molar-refractivity contribution in [2.75, 3.05) is 12.3 Å². The number of carbonyl (C=O) groups is 2. The van der Waals surface area contributed by atoms with Crippen LogP contribution in [-0.4, -0.2) is 44.1 Å². The van der Waals surface area contributed by atoms with Crippen molar-refractivity contribution < 1.29 is 27.9 Å². The van der Waals surface area contributed by atoms with E-state index in [4.69, 9.17) is 15.6 Å². The first kappa shape index (κ1) is 18.9. The van der Waals surface area contributed by atoms with Crippen molar-refractivity contribution in [1.29, 1.82) is 0 Å². The summed E-state index contributed by atoms with van der Waals surface area (Å²) < 4.78 is 30.2. The van der Waals surface area contributed by atoms with E-state index in [0.717, 1.165) is 5.56 Å². The van der Waals surface area contributed by atoms with Gasteiger partial charge in [-0.2, -0.15) is 0 Å².